The molecule has 1 aromatic rings. The summed E-state index contributed by atoms with van der Waals surface area (Å²) in [6.45, 7) is 2.82. The summed E-state index contributed by atoms with van der Waals surface area (Å²) in [6.07, 6.45) is 6.10. The van der Waals surface area contributed by atoms with Crippen molar-refractivity contribution in [2.24, 2.45) is 5.92 Å². The summed E-state index contributed by atoms with van der Waals surface area (Å²) in [5, 5.41) is 3.45. The fraction of sp³-hybridized carbons (Fsp3) is 0.632. The molecule has 5 nitrogen and oxygen atoms in total. The first-order chi connectivity index (χ1) is 11.8. The lowest BCUT2D eigenvalue weighted by Crippen LogP contribution is -2.51. The minimum absolute atomic E-state index is 0.118. The van der Waals surface area contributed by atoms with Crippen LogP contribution in [0.15, 0.2) is 24.3 Å². The molecule has 5 heteroatoms. The lowest BCUT2D eigenvalue weighted by molar-refractivity contribution is -0.121. The van der Waals surface area contributed by atoms with E-state index in [1.165, 1.54) is 31.2 Å². The van der Waals surface area contributed by atoms with E-state index >= 15 is 0 Å². The molecule has 3 heterocycles. The molecule has 1 amide bonds. The third kappa shape index (κ3) is 2.08. The topological polar surface area (TPSA) is 56.4 Å². The van der Waals surface area contributed by atoms with Gasteiger partial charge < -0.3 is 10.2 Å². The number of para-hydroxylation sites is 1. The highest BCUT2D eigenvalue weighted by Crippen LogP contribution is 2.50. The van der Waals surface area contributed by atoms with Gasteiger partial charge in [-0.1, -0.05) is 31.0 Å². The Morgan fingerprint density at radius 3 is 2.88 bits per heavy atom. The van der Waals surface area contributed by atoms with Crippen LogP contribution in [0.1, 0.15) is 37.7 Å². The number of piperidine rings is 1. The second-order valence-electron chi connectivity index (χ2n) is 7.96. The first-order valence-corrected chi connectivity index (χ1v) is 9.41. The highest BCUT2D eigenvalue weighted by Gasteiger charge is 2.49. The summed E-state index contributed by atoms with van der Waals surface area (Å²) in [5.41, 5.74) is 9.43. The van der Waals surface area contributed by atoms with E-state index in [0.29, 0.717) is 12.0 Å². The van der Waals surface area contributed by atoms with Crippen LogP contribution in [0.2, 0.25) is 0 Å². The number of hydrogen-bond acceptors (Lipinski definition) is 4. The summed E-state index contributed by atoms with van der Waals surface area (Å²) >= 11 is 0. The van der Waals surface area contributed by atoms with Crippen molar-refractivity contribution < 1.29 is 4.79 Å². The van der Waals surface area contributed by atoms with E-state index in [4.69, 9.17) is 0 Å². The molecule has 1 aromatic carbocycles. The van der Waals surface area contributed by atoms with Crippen LogP contribution in [0.4, 0.5) is 5.69 Å². The fourth-order valence-corrected chi connectivity index (χ4v) is 5.43. The van der Waals surface area contributed by atoms with Crippen LogP contribution in [-0.2, 0) is 10.2 Å². The third-order valence-electron chi connectivity index (χ3n) is 6.70. The Hall–Kier alpha value is -1.43. The minimum Gasteiger partial charge on any atom is -0.316 e. The molecule has 128 valence electrons. The number of anilines is 1. The molecule has 24 heavy (non-hydrogen) atoms. The molecular formula is C19H26N4O. The van der Waals surface area contributed by atoms with Gasteiger partial charge in [0.05, 0.1) is 0 Å². The zero-order valence-electron chi connectivity index (χ0n) is 14.1. The van der Waals surface area contributed by atoms with Gasteiger partial charge in [0.1, 0.15) is 6.04 Å². The average molecular weight is 326 g/mol. The summed E-state index contributed by atoms with van der Waals surface area (Å²) in [4.78, 5) is 15.5. The lowest BCUT2D eigenvalue weighted by atomic mass is 9.81. The van der Waals surface area contributed by atoms with Crippen LogP contribution in [0.25, 0.3) is 0 Å². The van der Waals surface area contributed by atoms with Crippen molar-refractivity contribution in [3.8, 4) is 0 Å². The molecule has 4 aliphatic rings. The van der Waals surface area contributed by atoms with Crippen molar-refractivity contribution in [1.29, 1.82) is 0 Å². The van der Waals surface area contributed by atoms with Crippen molar-refractivity contribution in [3.05, 3.63) is 29.8 Å². The summed E-state index contributed by atoms with van der Waals surface area (Å²) < 4.78 is 0. The van der Waals surface area contributed by atoms with Crippen molar-refractivity contribution in [2.45, 2.75) is 49.6 Å². The van der Waals surface area contributed by atoms with Gasteiger partial charge in [-0.3, -0.25) is 10.2 Å². The molecule has 1 aliphatic carbocycles. The molecule has 2 saturated heterocycles. The first kappa shape index (κ1) is 14.9. The zero-order valence-corrected chi connectivity index (χ0v) is 14.1. The monoisotopic (exact) mass is 326 g/mol. The maximum atomic E-state index is 13.4. The number of fused-ring (bicyclic) bond motifs is 3. The summed E-state index contributed by atoms with van der Waals surface area (Å²) in [5.74, 6) is 0.591. The van der Waals surface area contributed by atoms with E-state index < -0.39 is 0 Å². The highest BCUT2D eigenvalue weighted by atomic mass is 16.2. The van der Waals surface area contributed by atoms with E-state index in [9.17, 15) is 4.79 Å². The summed E-state index contributed by atoms with van der Waals surface area (Å²) in [7, 11) is 0. The molecule has 1 spiro atoms. The van der Waals surface area contributed by atoms with Crippen LogP contribution in [0.3, 0.4) is 0 Å². The first-order valence-electron chi connectivity index (χ1n) is 9.41. The van der Waals surface area contributed by atoms with Gasteiger partial charge in [0.2, 0.25) is 5.91 Å². The largest absolute Gasteiger partial charge is 0.316 e. The average Bonchev–Trinajstić information content (AvgIpc) is 3.34. The smallest absolute Gasteiger partial charge is 0.245 e. The number of nitrogens with one attached hydrogen (secondary N) is 3. The number of hydrazine groups is 1. The predicted molar refractivity (Wildman–Crippen MR) is 93.8 cm³/mol. The zero-order chi connectivity index (χ0) is 16.1. The molecule has 3 atom stereocenters. The molecule has 3 N–H and O–H groups in total. The standard InChI is InChI=1S/C19H26N4O/c24-18(17-13-11-20-10-7-15(13)21-22-17)23-12-19(8-3-4-9-19)14-5-1-2-6-16(14)23/h1-2,5-6,13,15,17,20-22H,3-4,7-12H2. The van der Waals surface area contributed by atoms with Gasteiger partial charge in [-0.25, -0.2) is 5.43 Å². The fourth-order valence-electron chi connectivity index (χ4n) is 5.43. The van der Waals surface area contributed by atoms with Gasteiger partial charge in [-0.2, -0.15) is 0 Å². The number of benzene rings is 1. The number of amides is 1. The van der Waals surface area contributed by atoms with Crippen LogP contribution in [-0.4, -0.2) is 37.6 Å². The van der Waals surface area contributed by atoms with Crippen molar-refractivity contribution in [2.75, 3.05) is 24.5 Å². The van der Waals surface area contributed by atoms with Crippen molar-refractivity contribution in [1.82, 2.24) is 16.2 Å². The lowest BCUT2D eigenvalue weighted by Gasteiger charge is -2.30. The van der Waals surface area contributed by atoms with Crippen molar-refractivity contribution >= 4 is 11.6 Å². The van der Waals surface area contributed by atoms with E-state index in [1.807, 2.05) is 0 Å². The third-order valence-corrected chi connectivity index (χ3v) is 6.70. The van der Waals surface area contributed by atoms with Crippen LogP contribution in [0, 0.1) is 5.92 Å². The van der Waals surface area contributed by atoms with Crippen molar-refractivity contribution in [3.63, 3.8) is 0 Å². The Morgan fingerprint density at radius 1 is 1.17 bits per heavy atom. The number of carbonyl (C=O) groups excluding carboxylic acids is 1. The highest BCUT2D eigenvalue weighted by molar-refractivity contribution is 6.00. The Morgan fingerprint density at radius 2 is 2.00 bits per heavy atom. The molecule has 0 bridgehead atoms. The number of rotatable bonds is 1. The maximum Gasteiger partial charge on any atom is 0.245 e. The molecule has 5 rings (SSSR count). The predicted octanol–water partition coefficient (Wildman–Crippen LogP) is 1.30. The number of carbonyl (C=O) groups is 1. The van der Waals surface area contributed by atoms with E-state index in [2.05, 4.69) is 45.3 Å². The van der Waals surface area contributed by atoms with Gasteiger partial charge in [0, 0.05) is 36.2 Å². The molecular weight excluding hydrogens is 300 g/mol. The van der Waals surface area contributed by atoms with Gasteiger partial charge >= 0.3 is 0 Å². The molecule has 3 unspecified atom stereocenters. The van der Waals surface area contributed by atoms with Gasteiger partial charge in [0.25, 0.3) is 0 Å². The van der Waals surface area contributed by atoms with E-state index in [0.717, 1.165) is 31.7 Å². The van der Waals surface area contributed by atoms with Gasteiger partial charge in [0.15, 0.2) is 0 Å². The van der Waals surface area contributed by atoms with Gasteiger partial charge in [-0.05, 0) is 37.4 Å². The second-order valence-corrected chi connectivity index (χ2v) is 7.96. The number of nitrogens with zero attached hydrogens (tertiary/aromatic N) is 1. The van der Waals surface area contributed by atoms with Crippen LogP contribution >= 0.6 is 0 Å². The normalized spacial score (nSPS) is 33.7. The molecule has 0 aromatic heterocycles. The molecule has 3 fully saturated rings. The second kappa shape index (κ2) is 5.55. The Kier molecular flexibility index (Phi) is 3.44. The Labute approximate surface area is 143 Å². The quantitative estimate of drug-likeness (QED) is 0.728. The van der Waals surface area contributed by atoms with Crippen LogP contribution < -0.4 is 21.1 Å². The van der Waals surface area contributed by atoms with E-state index in [1.54, 1.807) is 0 Å². The summed E-state index contributed by atoms with van der Waals surface area (Å²) in [6, 6.07) is 8.88. The van der Waals surface area contributed by atoms with Gasteiger partial charge in [-0.15, -0.1) is 0 Å². The Bertz CT molecular complexity index is 655. The number of hydrogen-bond donors (Lipinski definition) is 3. The van der Waals surface area contributed by atoms with E-state index in [-0.39, 0.29) is 17.4 Å². The minimum atomic E-state index is -0.118. The molecule has 0 radical (unpaired) electrons. The molecule has 3 aliphatic heterocycles. The molecule has 1 saturated carbocycles. The Balaban J connectivity index is 1.46. The van der Waals surface area contributed by atoms with Crippen LogP contribution in [0.5, 0.6) is 0 Å². The SMILES string of the molecule is O=C(C1NNC2CCNCC21)N1CC2(CCCC2)c2ccccc21. The maximum absolute atomic E-state index is 13.4.